The fourth-order valence-corrected chi connectivity index (χ4v) is 5.60. The van der Waals surface area contributed by atoms with Gasteiger partial charge in [-0.25, -0.2) is 4.98 Å². The molecule has 0 unspecified atom stereocenters. The summed E-state index contributed by atoms with van der Waals surface area (Å²) in [6.07, 6.45) is 5.98. The van der Waals surface area contributed by atoms with Crippen LogP contribution in [0.25, 0.3) is 21.1 Å². The van der Waals surface area contributed by atoms with Gasteiger partial charge in [0.2, 0.25) is 0 Å². The summed E-state index contributed by atoms with van der Waals surface area (Å²) in [5.74, 6) is 0. The number of nitriles is 2. The van der Waals surface area contributed by atoms with Crippen LogP contribution >= 0.6 is 11.3 Å². The summed E-state index contributed by atoms with van der Waals surface area (Å²) in [7, 11) is 0. The van der Waals surface area contributed by atoms with E-state index in [-0.39, 0.29) is 11.5 Å². The number of nitrogens with one attached hydrogen (secondary N) is 4. The summed E-state index contributed by atoms with van der Waals surface area (Å²) in [5.41, 5.74) is 14.4. The van der Waals surface area contributed by atoms with Crippen molar-refractivity contribution in [2.45, 2.75) is 45.7 Å². The standard InChI is InChI=1S/C29H29N9S/c1-29(2,3)15-33-26-18(12-31)13-32-25-17(11-30)9-19(10-22(25)26)35-27(24-14-38(37-36-24)20-7-8-20)21-5-4-6-23-28(21)39-16-34-23/h4-6,9-10,13-14,16,20,27,35-37H,7-8,15H2,1-3H3,(H,32,33)/t27-/m0/s1. The molecule has 0 spiro atoms. The molecule has 0 saturated heterocycles. The molecule has 2 aromatic carbocycles. The van der Waals surface area contributed by atoms with Crippen molar-refractivity contribution < 1.29 is 0 Å². The average molecular weight is 536 g/mol. The van der Waals surface area contributed by atoms with E-state index < -0.39 is 0 Å². The second-order valence-corrected chi connectivity index (χ2v) is 12.0. The van der Waals surface area contributed by atoms with Crippen molar-refractivity contribution in [1.82, 2.24) is 25.9 Å². The Kier molecular flexibility index (Phi) is 6.22. The summed E-state index contributed by atoms with van der Waals surface area (Å²) in [5, 5.41) is 29.9. The Labute approximate surface area is 231 Å². The zero-order valence-corrected chi connectivity index (χ0v) is 22.9. The smallest absolute Gasteiger partial charge is 0.103 e. The third-order valence-corrected chi connectivity index (χ3v) is 7.77. The van der Waals surface area contributed by atoms with Gasteiger partial charge in [0, 0.05) is 36.1 Å². The Morgan fingerprint density at radius 1 is 1.15 bits per heavy atom. The molecule has 1 fully saturated rings. The lowest BCUT2D eigenvalue weighted by atomic mass is 9.96. The topological polar surface area (TPSA) is 125 Å². The maximum Gasteiger partial charge on any atom is 0.103 e. The molecule has 0 radical (unpaired) electrons. The Hall–Kier alpha value is -4.38. The molecule has 10 heteroatoms. The van der Waals surface area contributed by atoms with Gasteiger partial charge in [-0.3, -0.25) is 9.99 Å². The first kappa shape index (κ1) is 24.9. The van der Waals surface area contributed by atoms with Gasteiger partial charge in [-0.2, -0.15) is 10.5 Å². The van der Waals surface area contributed by atoms with E-state index in [0.717, 1.165) is 45.4 Å². The molecule has 1 saturated carbocycles. The van der Waals surface area contributed by atoms with Crippen molar-refractivity contribution in [3.63, 3.8) is 0 Å². The average Bonchev–Trinajstić information content (AvgIpc) is 3.45. The van der Waals surface area contributed by atoms with Crippen LogP contribution in [0.2, 0.25) is 0 Å². The fraction of sp³-hybridized carbons (Fsp3) is 0.310. The first-order valence-corrected chi connectivity index (χ1v) is 13.8. The molecule has 0 amide bonds. The molecule has 39 heavy (non-hydrogen) atoms. The number of pyridine rings is 1. The third kappa shape index (κ3) is 4.92. The van der Waals surface area contributed by atoms with E-state index in [9.17, 15) is 10.5 Å². The molecule has 4 N–H and O–H groups in total. The maximum absolute atomic E-state index is 10.1. The van der Waals surface area contributed by atoms with Gasteiger partial charge in [0.1, 0.15) is 12.1 Å². The van der Waals surface area contributed by atoms with Gasteiger partial charge in [-0.1, -0.05) is 32.9 Å². The highest BCUT2D eigenvalue weighted by Gasteiger charge is 2.33. The fourth-order valence-electron chi connectivity index (χ4n) is 4.76. The number of fused-ring (bicyclic) bond motifs is 2. The lowest BCUT2D eigenvalue weighted by Crippen LogP contribution is -2.38. The molecule has 1 atom stereocenters. The van der Waals surface area contributed by atoms with Gasteiger partial charge in [-0.15, -0.1) is 16.9 Å². The van der Waals surface area contributed by atoms with E-state index in [2.05, 4.69) is 81.7 Å². The van der Waals surface area contributed by atoms with Crippen LogP contribution in [-0.4, -0.2) is 27.6 Å². The monoisotopic (exact) mass is 535 g/mol. The van der Waals surface area contributed by atoms with E-state index in [1.807, 2.05) is 29.8 Å². The molecule has 1 aliphatic heterocycles. The normalized spacial score (nSPS) is 15.9. The van der Waals surface area contributed by atoms with Crippen molar-refractivity contribution >= 4 is 43.8 Å². The molecule has 2 aromatic heterocycles. The molecule has 6 rings (SSSR count). The van der Waals surface area contributed by atoms with E-state index in [0.29, 0.717) is 34.9 Å². The Morgan fingerprint density at radius 2 is 1.97 bits per heavy atom. The molecule has 4 aromatic rings. The number of nitrogens with zero attached hydrogens (tertiary/aromatic N) is 5. The molecule has 1 aliphatic carbocycles. The van der Waals surface area contributed by atoms with Gasteiger partial charge in [-0.05, 0) is 42.0 Å². The predicted octanol–water partition coefficient (Wildman–Crippen LogP) is 5.53. The highest BCUT2D eigenvalue weighted by molar-refractivity contribution is 7.17. The van der Waals surface area contributed by atoms with Crippen molar-refractivity contribution in [3.8, 4) is 12.1 Å². The largest absolute Gasteiger partial charge is 0.383 e. The Balaban J connectivity index is 1.47. The number of aromatic nitrogens is 2. The lowest BCUT2D eigenvalue weighted by Gasteiger charge is -2.23. The van der Waals surface area contributed by atoms with E-state index in [1.54, 1.807) is 17.5 Å². The van der Waals surface area contributed by atoms with Crippen LogP contribution in [0.3, 0.4) is 0 Å². The van der Waals surface area contributed by atoms with Gasteiger partial charge in [0.05, 0.1) is 49.8 Å². The highest BCUT2D eigenvalue weighted by atomic mass is 32.1. The van der Waals surface area contributed by atoms with Crippen LogP contribution in [0.1, 0.15) is 56.3 Å². The molecule has 2 aliphatic rings. The minimum Gasteiger partial charge on any atom is -0.383 e. The van der Waals surface area contributed by atoms with Crippen LogP contribution in [-0.2, 0) is 0 Å². The molecule has 196 valence electrons. The first-order valence-electron chi connectivity index (χ1n) is 13.0. The zero-order chi connectivity index (χ0) is 27.1. The minimum atomic E-state index is -0.243. The molecule has 3 heterocycles. The highest BCUT2D eigenvalue weighted by Crippen LogP contribution is 2.38. The van der Waals surface area contributed by atoms with Gasteiger partial charge >= 0.3 is 0 Å². The van der Waals surface area contributed by atoms with Gasteiger partial charge in [0.25, 0.3) is 0 Å². The van der Waals surface area contributed by atoms with E-state index >= 15 is 0 Å². The summed E-state index contributed by atoms with van der Waals surface area (Å²) in [4.78, 5) is 9.02. The number of hydrogen-bond acceptors (Lipinski definition) is 10. The molecule has 9 nitrogen and oxygen atoms in total. The summed E-state index contributed by atoms with van der Waals surface area (Å²) in [6, 6.07) is 14.8. The summed E-state index contributed by atoms with van der Waals surface area (Å²) in [6.45, 7) is 7.06. The number of thiazole rings is 1. The molecule has 0 bridgehead atoms. The van der Waals surface area contributed by atoms with Crippen LogP contribution in [0.4, 0.5) is 11.4 Å². The van der Waals surface area contributed by atoms with Gasteiger partial charge < -0.3 is 16.1 Å². The third-order valence-electron chi connectivity index (χ3n) is 6.88. The van der Waals surface area contributed by atoms with Crippen molar-refractivity contribution in [2.75, 3.05) is 17.2 Å². The van der Waals surface area contributed by atoms with Crippen LogP contribution in [0, 0.1) is 28.1 Å². The Bertz CT molecular complexity index is 1680. The second kappa shape index (κ2) is 9.73. The first-order chi connectivity index (χ1) is 18.8. The Morgan fingerprint density at radius 3 is 2.72 bits per heavy atom. The number of anilines is 2. The van der Waals surface area contributed by atoms with Gasteiger partial charge in [0.15, 0.2) is 0 Å². The second-order valence-electron chi connectivity index (χ2n) is 11.2. The van der Waals surface area contributed by atoms with E-state index in [1.165, 1.54) is 0 Å². The molecular weight excluding hydrogens is 506 g/mol. The minimum absolute atomic E-state index is 0.00416. The van der Waals surface area contributed by atoms with Crippen LogP contribution < -0.4 is 21.6 Å². The summed E-state index contributed by atoms with van der Waals surface area (Å²) < 4.78 is 1.10. The quantitative estimate of drug-likeness (QED) is 0.242. The number of benzene rings is 2. The van der Waals surface area contributed by atoms with Crippen LogP contribution in [0.5, 0.6) is 0 Å². The SMILES string of the molecule is CC(C)(C)CNc1c(C#N)cnc2c(C#N)cc(N[C@H](C3=CN(C4CC4)NN3)c3cccc4ncsc34)cc12. The van der Waals surface area contributed by atoms with E-state index in [4.69, 9.17) is 0 Å². The van der Waals surface area contributed by atoms with Crippen LogP contribution in [0.15, 0.2) is 53.9 Å². The maximum atomic E-state index is 10.1. The molecular formula is C29H29N9S. The predicted molar refractivity (Wildman–Crippen MR) is 154 cm³/mol. The number of hydrazine groups is 2. The number of rotatable bonds is 7. The number of hydrogen-bond donors (Lipinski definition) is 4. The zero-order valence-electron chi connectivity index (χ0n) is 22.0. The van der Waals surface area contributed by atoms with Crippen molar-refractivity contribution in [3.05, 3.63) is 70.6 Å². The van der Waals surface area contributed by atoms with Crippen molar-refractivity contribution in [1.29, 1.82) is 10.5 Å². The summed E-state index contributed by atoms with van der Waals surface area (Å²) >= 11 is 1.61. The van der Waals surface area contributed by atoms with Crippen molar-refractivity contribution in [2.24, 2.45) is 5.41 Å². The lowest BCUT2D eigenvalue weighted by molar-refractivity contribution is 0.260.